The molecule has 5 heteroatoms. The third-order valence-electron chi connectivity index (χ3n) is 3.67. The van der Waals surface area contributed by atoms with Crippen LogP contribution in [0.4, 0.5) is 10.1 Å². The van der Waals surface area contributed by atoms with E-state index in [0.29, 0.717) is 20.9 Å². The second kappa shape index (κ2) is 4.49. The lowest BCUT2D eigenvalue weighted by Gasteiger charge is -2.02. The minimum absolute atomic E-state index is 0.181. The summed E-state index contributed by atoms with van der Waals surface area (Å²) in [5, 5.41) is 3.32. The van der Waals surface area contributed by atoms with Crippen LogP contribution in [0.5, 0.6) is 0 Å². The fourth-order valence-corrected chi connectivity index (χ4v) is 3.45. The number of nitrogens with one attached hydrogen (secondary N) is 1. The second-order valence-corrected chi connectivity index (χ2v) is 5.99. The maximum atomic E-state index is 13.7. The summed E-state index contributed by atoms with van der Waals surface area (Å²) in [6.07, 6.45) is 2.10. The minimum Gasteiger partial charge on any atom is -0.397 e. The minimum atomic E-state index is -0.372. The van der Waals surface area contributed by atoms with Crippen molar-refractivity contribution in [3.05, 3.63) is 28.9 Å². The molecule has 2 unspecified atom stereocenters. The molecule has 0 saturated heterocycles. The molecule has 1 saturated carbocycles. The van der Waals surface area contributed by atoms with Gasteiger partial charge in [0.05, 0.1) is 11.1 Å². The molecular formula is C14H15FN2OS. The van der Waals surface area contributed by atoms with E-state index in [2.05, 4.69) is 12.2 Å². The molecule has 1 aliphatic carbocycles. The molecule has 2 atom stereocenters. The fourth-order valence-electron chi connectivity index (χ4n) is 2.41. The smallest absolute Gasteiger partial charge is 0.263 e. The van der Waals surface area contributed by atoms with Crippen molar-refractivity contribution in [1.82, 2.24) is 5.32 Å². The van der Waals surface area contributed by atoms with Crippen molar-refractivity contribution in [3.8, 4) is 0 Å². The molecule has 1 aliphatic rings. The van der Waals surface area contributed by atoms with E-state index in [9.17, 15) is 9.18 Å². The molecule has 1 heterocycles. The average molecular weight is 278 g/mol. The molecule has 3 nitrogen and oxygen atoms in total. The van der Waals surface area contributed by atoms with E-state index in [-0.39, 0.29) is 23.5 Å². The van der Waals surface area contributed by atoms with Crippen molar-refractivity contribution in [3.63, 3.8) is 0 Å². The number of nitrogen functional groups attached to an aromatic ring is 1. The van der Waals surface area contributed by atoms with Gasteiger partial charge >= 0.3 is 0 Å². The Morgan fingerprint density at radius 2 is 2.37 bits per heavy atom. The topological polar surface area (TPSA) is 55.1 Å². The fraction of sp³-hybridized carbons (Fsp3) is 0.357. The van der Waals surface area contributed by atoms with Gasteiger partial charge in [0.15, 0.2) is 0 Å². The lowest BCUT2D eigenvalue weighted by molar-refractivity contribution is 0.0954. The summed E-state index contributed by atoms with van der Waals surface area (Å²) in [7, 11) is 0. The van der Waals surface area contributed by atoms with Crippen LogP contribution in [-0.4, -0.2) is 11.9 Å². The third-order valence-corrected chi connectivity index (χ3v) is 4.84. The van der Waals surface area contributed by atoms with Crippen molar-refractivity contribution in [2.24, 2.45) is 5.92 Å². The Bertz CT molecular complexity index is 652. The van der Waals surface area contributed by atoms with Crippen LogP contribution >= 0.6 is 11.3 Å². The molecule has 1 aromatic heterocycles. The molecule has 0 spiro atoms. The highest BCUT2D eigenvalue weighted by Gasteiger charge is 2.37. The number of carbonyl (C=O) groups excluding carboxylic acids is 1. The first-order valence-electron chi connectivity index (χ1n) is 6.39. The highest BCUT2D eigenvalue weighted by molar-refractivity contribution is 7.21. The van der Waals surface area contributed by atoms with Gasteiger partial charge in [0.1, 0.15) is 10.7 Å². The van der Waals surface area contributed by atoms with Gasteiger partial charge in [-0.1, -0.05) is 19.4 Å². The summed E-state index contributed by atoms with van der Waals surface area (Å²) in [6.45, 7) is 2.11. The van der Waals surface area contributed by atoms with E-state index in [1.165, 1.54) is 17.4 Å². The lowest BCUT2D eigenvalue weighted by Crippen LogP contribution is -2.26. The molecule has 1 fully saturated rings. The van der Waals surface area contributed by atoms with Crippen LogP contribution < -0.4 is 11.1 Å². The Kier molecular flexibility index (Phi) is 2.93. The molecule has 2 aromatic rings. The molecule has 0 bridgehead atoms. The van der Waals surface area contributed by atoms with Crippen LogP contribution in [-0.2, 0) is 0 Å². The van der Waals surface area contributed by atoms with E-state index in [4.69, 9.17) is 5.73 Å². The molecule has 1 aromatic carbocycles. The predicted octanol–water partition coefficient (Wildman–Crippen LogP) is 3.15. The zero-order valence-corrected chi connectivity index (χ0v) is 11.4. The van der Waals surface area contributed by atoms with Crippen LogP contribution in [0.15, 0.2) is 18.2 Å². The van der Waals surface area contributed by atoms with Crippen LogP contribution in [0, 0.1) is 11.7 Å². The van der Waals surface area contributed by atoms with Gasteiger partial charge in [-0.05, 0) is 24.5 Å². The third kappa shape index (κ3) is 2.08. The van der Waals surface area contributed by atoms with Gasteiger partial charge in [-0.2, -0.15) is 0 Å². The van der Waals surface area contributed by atoms with Gasteiger partial charge in [-0.3, -0.25) is 4.79 Å². The van der Waals surface area contributed by atoms with Gasteiger partial charge in [0.2, 0.25) is 0 Å². The van der Waals surface area contributed by atoms with Crippen molar-refractivity contribution >= 4 is 33.0 Å². The second-order valence-electron chi connectivity index (χ2n) is 4.94. The Morgan fingerprint density at radius 1 is 1.58 bits per heavy atom. The Hall–Kier alpha value is -1.62. The Balaban J connectivity index is 1.90. The number of amides is 1. The van der Waals surface area contributed by atoms with Crippen LogP contribution in [0.25, 0.3) is 10.1 Å². The monoisotopic (exact) mass is 278 g/mol. The first kappa shape index (κ1) is 12.4. The maximum Gasteiger partial charge on any atom is 0.263 e. The molecule has 0 aliphatic heterocycles. The largest absolute Gasteiger partial charge is 0.397 e. The first-order chi connectivity index (χ1) is 9.11. The van der Waals surface area contributed by atoms with Crippen molar-refractivity contribution in [2.75, 3.05) is 5.73 Å². The number of hydrogen-bond donors (Lipinski definition) is 2. The van der Waals surface area contributed by atoms with Crippen LogP contribution in [0.3, 0.4) is 0 Å². The number of anilines is 1. The number of thiophene rings is 1. The summed E-state index contributed by atoms with van der Waals surface area (Å²) in [6, 6.07) is 5.03. The maximum absolute atomic E-state index is 13.7. The molecule has 3 rings (SSSR count). The molecular weight excluding hydrogens is 263 g/mol. The standard InChI is InChI=1S/C14H15FN2OS/c1-2-7-6-9(7)17-14(18)13-12(16)11-8(15)4-3-5-10(11)19-13/h3-5,7,9H,2,6,16H2,1H3,(H,17,18). The van der Waals surface area contributed by atoms with Gasteiger partial charge in [-0.25, -0.2) is 4.39 Å². The first-order valence-corrected chi connectivity index (χ1v) is 7.20. The normalized spacial score (nSPS) is 21.6. The molecule has 19 heavy (non-hydrogen) atoms. The number of benzene rings is 1. The molecule has 100 valence electrons. The van der Waals surface area contributed by atoms with E-state index in [1.807, 2.05) is 0 Å². The van der Waals surface area contributed by atoms with Crippen LogP contribution in [0.2, 0.25) is 0 Å². The number of carbonyl (C=O) groups is 1. The lowest BCUT2D eigenvalue weighted by atomic mass is 10.2. The summed E-state index contributed by atoms with van der Waals surface area (Å²) < 4.78 is 14.4. The van der Waals surface area contributed by atoms with E-state index < -0.39 is 0 Å². The zero-order chi connectivity index (χ0) is 13.6. The van der Waals surface area contributed by atoms with Crippen molar-refractivity contribution in [1.29, 1.82) is 0 Å². The number of fused-ring (bicyclic) bond motifs is 1. The summed E-state index contributed by atoms with van der Waals surface area (Å²) >= 11 is 1.25. The molecule has 0 radical (unpaired) electrons. The summed E-state index contributed by atoms with van der Waals surface area (Å²) in [4.78, 5) is 12.6. The Morgan fingerprint density at radius 3 is 3.00 bits per heavy atom. The summed E-state index contributed by atoms with van der Waals surface area (Å²) in [5.74, 6) is 0.0264. The highest BCUT2D eigenvalue weighted by atomic mass is 32.1. The Labute approximate surface area is 114 Å². The van der Waals surface area contributed by atoms with Gasteiger partial charge < -0.3 is 11.1 Å². The van der Waals surface area contributed by atoms with E-state index in [0.717, 1.165) is 12.8 Å². The average Bonchev–Trinajstić information content (AvgIpc) is 3.04. The molecule has 1 amide bonds. The number of nitrogens with two attached hydrogens (primary N) is 1. The van der Waals surface area contributed by atoms with Gasteiger partial charge in [0, 0.05) is 10.7 Å². The quantitative estimate of drug-likeness (QED) is 0.906. The van der Waals surface area contributed by atoms with Crippen molar-refractivity contribution in [2.45, 2.75) is 25.8 Å². The van der Waals surface area contributed by atoms with E-state index in [1.54, 1.807) is 12.1 Å². The highest BCUT2D eigenvalue weighted by Crippen LogP contribution is 2.37. The van der Waals surface area contributed by atoms with E-state index >= 15 is 0 Å². The predicted molar refractivity (Wildman–Crippen MR) is 75.8 cm³/mol. The van der Waals surface area contributed by atoms with Gasteiger partial charge in [0.25, 0.3) is 5.91 Å². The SMILES string of the molecule is CCC1CC1NC(=O)c1sc2cccc(F)c2c1N. The van der Waals surface area contributed by atoms with Gasteiger partial charge in [-0.15, -0.1) is 11.3 Å². The molecule has 3 N–H and O–H groups in total. The van der Waals surface area contributed by atoms with Crippen molar-refractivity contribution < 1.29 is 9.18 Å². The summed E-state index contributed by atoms with van der Waals surface area (Å²) in [5.41, 5.74) is 6.17. The number of hydrogen-bond acceptors (Lipinski definition) is 3. The zero-order valence-electron chi connectivity index (χ0n) is 10.6. The number of rotatable bonds is 3. The van der Waals surface area contributed by atoms with Crippen LogP contribution in [0.1, 0.15) is 29.4 Å². The number of halogens is 1.